The van der Waals surface area contributed by atoms with Gasteiger partial charge in [-0.3, -0.25) is 0 Å². The summed E-state index contributed by atoms with van der Waals surface area (Å²) in [6, 6.07) is 10.3. The van der Waals surface area contributed by atoms with Crippen LogP contribution in [0.3, 0.4) is 0 Å². The van der Waals surface area contributed by atoms with Crippen molar-refractivity contribution in [3.8, 4) is 0 Å². The topological polar surface area (TPSA) is 44.5 Å². The third kappa shape index (κ3) is 6.63. The van der Waals surface area contributed by atoms with Gasteiger partial charge in [0.05, 0.1) is 0 Å². The number of hydrogen-bond acceptors (Lipinski definition) is 3. The summed E-state index contributed by atoms with van der Waals surface area (Å²) in [5, 5.41) is 0. The molecule has 0 amide bonds. The highest BCUT2D eigenvalue weighted by molar-refractivity contribution is 6.67. The smallest absolute Gasteiger partial charge is 0.337 e. The molecule has 0 saturated carbocycles. The van der Waals surface area contributed by atoms with Gasteiger partial charge >= 0.3 is 8.56 Å². The molecule has 0 aromatic heterocycles. The summed E-state index contributed by atoms with van der Waals surface area (Å²) >= 11 is 0. The lowest BCUT2D eigenvalue weighted by Crippen LogP contribution is -2.42. The molecule has 21 heavy (non-hydrogen) atoms. The summed E-state index contributed by atoms with van der Waals surface area (Å²) in [7, 11) is -2.00. The van der Waals surface area contributed by atoms with Gasteiger partial charge in [-0.25, -0.2) is 0 Å². The van der Waals surface area contributed by atoms with Crippen molar-refractivity contribution in [3.63, 3.8) is 0 Å². The highest BCUT2D eigenvalue weighted by Crippen LogP contribution is 2.23. The number of hydrogen-bond donors (Lipinski definition) is 1. The number of nitrogens with two attached hydrogens (primary N) is 1. The molecular formula is C17H31NO2Si. The molecule has 1 aromatic rings. The van der Waals surface area contributed by atoms with Crippen molar-refractivity contribution in [2.75, 3.05) is 18.9 Å². The molecule has 0 heterocycles. The summed E-state index contributed by atoms with van der Waals surface area (Å²) in [6.45, 7) is 8.17. The van der Waals surface area contributed by atoms with Crippen LogP contribution in [0, 0.1) is 0 Å². The molecule has 0 unspecified atom stereocenters. The molecule has 120 valence electrons. The molecule has 0 aliphatic heterocycles. The maximum absolute atomic E-state index is 6.18. The molecule has 0 aliphatic carbocycles. The zero-order valence-corrected chi connectivity index (χ0v) is 14.9. The first-order chi connectivity index (χ1) is 10.2. The lowest BCUT2D eigenvalue weighted by molar-refractivity contribution is 0.167. The van der Waals surface area contributed by atoms with E-state index in [4.69, 9.17) is 14.6 Å². The normalized spacial score (nSPS) is 11.8. The Labute approximate surface area is 131 Å². The number of nitrogen functional groups attached to an aromatic ring is 1. The Kier molecular flexibility index (Phi) is 8.65. The monoisotopic (exact) mass is 309 g/mol. The number of anilines is 1. The van der Waals surface area contributed by atoms with Crippen molar-refractivity contribution in [2.45, 2.75) is 58.5 Å². The minimum absolute atomic E-state index is 0.825. The average molecular weight is 310 g/mol. The zero-order valence-electron chi connectivity index (χ0n) is 13.9. The van der Waals surface area contributed by atoms with Gasteiger partial charge in [-0.1, -0.05) is 32.9 Å². The van der Waals surface area contributed by atoms with Gasteiger partial charge in [0.25, 0.3) is 0 Å². The van der Waals surface area contributed by atoms with Gasteiger partial charge in [0.2, 0.25) is 0 Å². The predicted octanol–water partition coefficient (Wildman–Crippen LogP) is 4.52. The summed E-state index contributed by atoms with van der Waals surface area (Å²) in [5.74, 6) is 0. The van der Waals surface area contributed by atoms with Gasteiger partial charge in [-0.05, 0) is 55.5 Å². The first-order valence-electron chi connectivity index (χ1n) is 8.28. The van der Waals surface area contributed by atoms with Crippen LogP contribution in [0.1, 0.15) is 45.6 Å². The van der Waals surface area contributed by atoms with E-state index < -0.39 is 8.56 Å². The number of benzene rings is 1. The third-order valence-corrected chi connectivity index (χ3v) is 7.33. The van der Waals surface area contributed by atoms with Crippen LogP contribution in [0.5, 0.6) is 0 Å². The molecule has 2 N–H and O–H groups in total. The fraction of sp³-hybridized carbons (Fsp3) is 0.647. The van der Waals surface area contributed by atoms with Crippen LogP contribution in [-0.2, 0) is 15.3 Å². The van der Waals surface area contributed by atoms with E-state index in [1.165, 1.54) is 5.56 Å². The lowest BCUT2D eigenvalue weighted by Gasteiger charge is -2.30. The van der Waals surface area contributed by atoms with Crippen LogP contribution >= 0.6 is 0 Å². The molecule has 0 spiro atoms. The van der Waals surface area contributed by atoms with Crippen LogP contribution in [0.4, 0.5) is 5.69 Å². The van der Waals surface area contributed by atoms with E-state index in [0.29, 0.717) is 0 Å². The fourth-order valence-electron chi connectivity index (χ4n) is 2.39. The standard InChI is InChI=1S/C17H31NO2Si/c1-4-13-19-21(6-3,20-14-5-2)15-7-8-16-9-11-17(18)12-10-16/h9-12H,4-8,13-15,18H2,1-3H3. The summed E-state index contributed by atoms with van der Waals surface area (Å²) in [5.41, 5.74) is 7.89. The van der Waals surface area contributed by atoms with E-state index in [-0.39, 0.29) is 0 Å². The quantitative estimate of drug-likeness (QED) is 0.483. The van der Waals surface area contributed by atoms with E-state index in [2.05, 4.69) is 32.9 Å². The van der Waals surface area contributed by atoms with Gasteiger partial charge in [0, 0.05) is 18.9 Å². The molecule has 0 saturated heterocycles. The van der Waals surface area contributed by atoms with E-state index in [9.17, 15) is 0 Å². The summed E-state index contributed by atoms with van der Waals surface area (Å²) < 4.78 is 12.4. The molecule has 3 nitrogen and oxygen atoms in total. The largest absolute Gasteiger partial charge is 0.399 e. The molecule has 1 rings (SSSR count). The highest BCUT2D eigenvalue weighted by atomic mass is 28.4. The number of rotatable bonds is 11. The van der Waals surface area contributed by atoms with Crippen LogP contribution < -0.4 is 5.73 Å². The van der Waals surface area contributed by atoms with E-state index in [1.807, 2.05) is 12.1 Å². The van der Waals surface area contributed by atoms with Crippen molar-refractivity contribution in [1.29, 1.82) is 0 Å². The molecule has 0 aliphatic rings. The van der Waals surface area contributed by atoms with Crippen molar-refractivity contribution >= 4 is 14.2 Å². The summed E-state index contributed by atoms with van der Waals surface area (Å²) in [6.07, 6.45) is 4.31. The average Bonchev–Trinajstić information content (AvgIpc) is 2.51. The second-order valence-electron chi connectivity index (χ2n) is 5.56. The zero-order chi connectivity index (χ0) is 15.6. The second kappa shape index (κ2) is 9.98. The highest BCUT2D eigenvalue weighted by Gasteiger charge is 2.34. The molecule has 0 fully saturated rings. The lowest BCUT2D eigenvalue weighted by atomic mass is 10.1. The van der Waals surface area contributed by atoms with Gasteiger partial charge in [0.15, 0.2) is 0 Å². The van der Waals surface area contributed by atoms with E-state index in [0.717, 1.165) is 56.7 Å². The Morgan fingerprint density at radius 3 is 2.00 bits per heavy atom. The van der Waals surface area contributed by atoms with Crippen molar-refractivity contribution in [3.05, 3.63) is 29.8 Å². The minimum atomic E-state index is -2.00. The van der Waals surface area contributed by atoms with Gasteiger partial charge < -0.3 is 14.6 Å². The minimum Gasteiger partial charge on any atom is -0.399 e. The van der Waals surface area contributed by atoms with Crippen LogP contribution in [0.15, 0.2) is 24.3 Å². The SMILES string of the molecule is CCCO[Si](CC)(CCCc1ccc(N)cc1)OCCC. The maximum atomic E-state index is 6.18. The Hall–Kier alpha value is -0.843. The van der Waals surface area contributed by atoms with Crippen molar-refractivity contribution < 1.29 is 8.85 Å². The molecule has 0 bridgehead atoms. The van der Waals surface area contributed by atoms with Gasteiger partial charge in [-0.15, -0.1) is 0 Å². The number of aryl methyl sites for hydroxylation is 1. The van der Waals surface area contributed by atoms with Gasteiger partial charge in [0.1, 0.15) is 0 Å². The second-order valence-corrected chi connectivity index (χ2v) is 9.16. The Bertz CT molecular complexity index is 373. The summed E-state index contributed by atoms with van der Waals surface area (Å²) in [4.78, 5) is 0. The van der Waals surface area contributed by atoms with E-state index in [1.54, 1.807) is 0 Å². The Balaban J connectivity index is 2.52. The molecular weight excluding hydrogens is 278 g/mol. The first-order valence-corrected chi connectivity index (χ1v) is 10.5. The molecule has 1 aromatic carbocycles. The van der Waals surface area contributed by atoms with Crippen LogP contribution in [-0.4, -0.2) is 21.8 Å². The Morgan fingerprint density at radius 2 is 1.52 bits per heavy atom. The third-order valence-electron chi connectivity index (χ3n) is 3.68. The van der Waals surface area contributed by atoms with Gasteiger partial charge in [-0.2, -0.15) is 0 Å². The van der Waals surface area contributed by atoms with Crippen molar-refractivity contribution in [2.24, 2.45) is 0 Å². The van der Waals surface area contributed by atoms with Crippen LogP contribution in [0.25, 0.3) is 0 Å². The van der Waals surface area contributed by atoms with Crippen LogP contribution in [0.2, 0.25) is 12.1 Å². The molecule has 4 heteroatoms. The molecule has 0 radical (unpaired) electrons. The first kappa shape index (κ1) is 18.2. The predicted molar refractivity (Wildman–Crippen MR) is 92.7 cm³/mol. The van der Waals surface area contributed by atoms with Crippen molar-refractivity contribution in [1.82, 2.24) is 0 Å². The maximum Gasteiger partial charge on any atom is 0.337 e. The fourth-order valence-corrected chi connectivity index (χ4v) is 5.39. The molecule has 0 atom stereocenters. The van der Waals surface area contributed by atoms with E-state index >= 15 is 0 Å². The Morgan fingerprint density at radius 1 is 0.952 bits per heavy atom.